The molecule has 2 amide bonds. The van der Waals surface area contributed by atoms with Crippen LogP contribution >= 0.6 is 0 Å². The Bertz CT molecular complexity index is 298. The van der Waals surface area contributed by atoms with Crippen LogP contribution in [-0.4, -0.2) is 46.3 Å². The zero-order valence-corrected chi connectivity index (χ0v) is 9.77. The van der Waals surface area contributed by atoms with E-state index in [1.165, 1.54) is 4.90 Å². The van der Waals surface area contributed by atoms with Crippen molar-refractivity contribution in [2.24, 2.45) is 5.73 Å². The molecule has 0 aromatic rings. The van der Waals surface area contributed by atoms with Gasteiger partial charge in [0.25, 0.3) is 0 Å². The Morgan fingerprint density at radius 2 is 2.00 bits per heavy atom. The van der Waals surface area contributed by atoms with Crippen LogP contribution in [0.4, 0.5) is 4.79 Å². The normalized spacial score (nSPS) is 25.6. The molecule has 0 radical (unpaired) electrons. The first-order valence-corrected chi connectivity index (χ1v) is 5.17. The van der Waals surface area contributed by atoms with Crippen LogP contribution in [-0.2, 0) is 9.53 Å². The molecule has 1 saturated heterocycles. The molecule has 16 heavy (non-hydrogen) atoms. The number of rotatable bonds is 1. The van der Waals surface area contributed by atoms with Crippen molar-refractivity contribution in [3.63, 3.8) is 0 Å². The number of primary amides is 1. The largest absolute Gasteiger partial charge is 0.444 e. The Morgan fingerprint density at radius 1 is 1.44 bits per heavy atom. The summed E-state index contributed by atoms with van der Waals surface area (Å²) in [5.74, 6) is -0.623. The number of hydrogen-bond acceptors (Lipinski definition) is 4. The predicted octanol–water partition coefficient (Wildman–Crippen LogP) is -0.158. The van der Waals surface area contributed by atoms with E-state index in [1.54, 1.807) is 20.8 Å². The molecule has 0 aliphatic carbocycles. The maximum absolute atomic E-state index is 11.7. The van der Waals surface area contributed by atoms with Crippen molar-refractivity contribution in [2.75, 3.05) is 6.54 Å². The molecule has 0 unspecified atom stereocenters. The predicted molar refractivity (Wildman–Crippen MR) is 56.5 cm³/mol. The van der Waals surface area contributed by atoms with Gasteiger partial charge in [0, 0.05) is 6.42 Å². The van der Waals surface area contributed by atoms with Gasteiger partial charge in [0.15, 0.2) is 0 Å². The van der Waals surface area contributed by atoms with Gasteiger partial charge < -0.3 is 15.6 Å². The lowest BCUT2D eigenvalue weighted by molar-refractivity contribution is -0.122. The molecule has 6 heteroatoms. The maximum Gasteiger partial charge on any atom is 0.411 e. The number of β-amino-alcohol motifs (C(OH)–C–C–N with tert-alkyl or cyclic N) is 1. The SMILES string of the molecule is CC(C)(C)OC(=O)N1C[C@H](O)C[C@@H]1C(N)=O. The summed E-state index contributed by atoms with van der Waals surface area (Å²) in [5.41, 5.74) is 4.52. The molecule has 1 aliphatic heterocycles. The first kappa shape index (κ1) is 12.8. The van der Waals surface area contributed by atoms with Gasteiger partial charge in [0.05, 0.1) is 12.6 Å². The van der Waals surface area contributed by atoms with E-state index in [-0.39, 0.29) is 13.0 Å². The van der Waals surface area contributed by atoms with Crippen LogP contribution in [0.15, 0.2) is 0 Å². The van der Waals surface area contributed by atoms with Crippen molar-refractivity contribution in [2.45, 2.75) is 44.9 Å². The summed E-state index contributed by atoms with van der Waals surface area (Å²) < 4.78 is 5.12. The van der Waals surface area contributed by atoms with Gasteiger partial charge in [0.2, 0.25) is 5.91 Å². The highest BCUT2D eigenvalue weighted by atomic mass is 16.6. The first-order chi connectivity index (χ1) is 7.20. The molecular formula is C10H18N2O4. The summed E-state index contributed by atoms with van der Waals surface area (Å²) >= 11 is 0. The van der Waals surface area contributed by atoms with Gasteiger partial charge in [-0.05, 0) is 20.8 Å². The van der Waals surface area contributed by atoms with E-state index >= 15 is 0 Å². The van der Waals surface area contributed by atoms with E-state index in [0.29, 0.717) is 0 Å². The number of amides is 2. The third kappa shape index (κ3) is 3.10. The Morgan fingerprint density at radius 3 is 2.44 bits per heavy atom. The van der Waals surface area contributed by atoms with E-state index in [0.717, 1.165) is 0 Å². The topological polar surface area (TPSA) is 92.9 Å². The molecule has 92 valence electrons. The summed E-state index contributed by atoms with van der Waals surface area (Å²) in [4.78, 5) is 24.0. The third-order valence-electron chi connectivity index (χ3n) is 2.24. The van der Waals surface area contributed by atoms with E-state index in [2.05, 4.69) is 0 Å². The number of nitrogens with two attached hydrogens (primary N) is 1. The standard InChI is InChI=1S/C10H18N2O4/c1-10(2,3)16-9(15)12-5-6(13)4-7(12)8(11)14/h6-7,13H,4-5H2,1-3H3,(H2,11,14)/t6-,7-/m1/s1. The van der Waals surface area contributed by atoms with Gasteiger partial charge in [0.1, 0.15) is 11.6 Å². The minimum atomic E-state index is -0.773. The average molecular weight is 230 g/mol. The molecule has 1 fully saturated rings. The van der Waals surface area contributed by atoms with Crippen LogP contribution in [0.5, 0.6) is 0 Å². The Kier molecular flexibility index (Phi) is 3.42. The Balaban J connectivity index is 2.71. The zero-order valence-electron chi connectivity index (χ0n) is 9.77. The van der Waals surface area contributed by atoms with Crippen LogP contribution in [0.2, 0.25) is 0 Å². The van der Waals surface area contributed by atoms with Crippen molar-refractivity contribution in [1.29, 1.82) is 0 Å². The number of nitrogens with zero attached hydrogens (tertiary/aromatic N) is 1. The molecule has 0 saturated carbocycles. The molecule has 0 aromatic heterocycles. The second-order valence-corrected chi connectivity index (χ2v) is 4.94. The van der Waals surface area contributed by atoms with Gasteiger partial charge in [-0.25, -0.2) is 4.79 Å². The number of hydrogen-bond donors (Lipinski definition) is 2. The van der Waals surface area contributed by atoms with Crippen LogP contribution in [0.3, 0.4) is 0 Å². The quantitative estimate of drug-likeness (QED) is 0.654. The highest BCUT2D eigenvalue weighted by Gasteiger charge is 2.39. The molecule has 1 aliphatic rings. The highest BCUT2D eigenvalue weighted by molar-refractivity contribution is 5.85. The fraction of sp³-hybridized carbons (Fsp3) is 0.800. The highest BCUT2D eigenvalue weighted by Crippen LogP contribution is 2.20. The fourth-order valence-electron chi connectivity index (χ4n) is 1.61. The molecule has 2 atom stereocenters. The van der Waals surface area contributed by atoms with Gasteiger partial charge >= 0.3 is 6.09 Å². The number of ether oxygens (including phenoxy) is 1. The fourth-order valence-corrected chi connectivity index (χ4v) is 1.61. The summed E-state index contributed by atoms with van der Waals surface area (Å²) in [6.45, 7) is 5.28. The molecule has 0 aromatic carbocycles. The van der Waals surface area contributed by atoms with Gasteiger partial charge in [-0.3, -0.25) is 9.69 Å². The Hall–Kier alpha value is -1.30. The van der Waals surface area contributed by atoms with Crippen molar-refractivity contribution in [3.05, 3.63) is 0 Å². The number of carbonyl (C=O) groups is 2. The lowest BCUT2D eigenvalue weighted by Gasteiger charge is -2.26. The lowest BCUT2D eigenvalue weighted by atomic mass is 10.2. The molecule has 0 spiro atoms. The van der Waals surface area contributed by atoms with E-state index in [4.69, 9.17) is 10.5 Å². The molecule has 0 bridgehead atoms. The van der Waals surface area contributed by atoms with Crippen LogP contribution in [0, 0.1) is 0 Å². The second kappa shape index (κ2) is 4.29. The molecule has 3 N–H and O–H groups in total. The number of aliphatic hydroxyl groups excluding tert-OH is 1. The summed E-state index contributed by atoms with van der Waals surface area (Å²) in [7, 11) is 0. The van der Waals surface area contributed by atoms with E-state index in [1.807, 2.05) is 0 Å². The number of carbonyl (C=O) groups excluding carboxylic acids is 2. The van der Waals surface area contributed by atoms with E-state index in [9.17, 15) is 14.7 Å². The van der Waals surface area contributed by atoms with Crippen LogP contribution < -0.4 is 5.73 Å². The maximum atomic E-state index is 11.7. The van der Waals surface area contributed by atoms with Crippen LogP contribution in [0.25, 0.3) is 0 Å². The Labute approximate surface area is 94.3 Å². The van der Waals surface area contributed by atoms with Crippen molar-refractivity contribution in [1.82, 2.24) is 4.90 Å². The summed E-state index contributed by atoms with van der Waals surface area (Å²) in [5, 5.41) is 9.41. The molecular weight excluding hydrogens is 212 g/mol. The molecule has 1 rings (SSSR count). The monoisotopic (exact) mass is 230 g/mol. The van der Waals surface area contributed by atoms with Crippen molar-refractivity contribution >= 4 is 12.0 Å². The molecule has 1 heterocycles. The number of aliphatic hydroxyl groups is 1. The van der Waals surface area contributed by atoms with Crippen LogP contribution in [0.1, 0.15) is 27.2 Å². The van der Waals surface area contributed by atoms with Gasteiger partial charge in [-0.2, -0.15) is 0 Å². The van der Waals surface area contributed by atoms with Crippen molar-refractivity contribution in [3.8, 4) is 0 Å². The van der Waals surface area contributed by atoms with Crippen molar-refractivity contribution < 1.29 is 19.4 Å². The lowest BCUT2D eigenvalue weighted by Crippen LogP contribution is -2.45. The smallest absolute Gasteiger partial charge is 0.411 e. The first-order valence-electron chi connectivity index (χ1n) is 5.17. The minimum absolute atomic E-state index is 0.0858. The van der Waals surface area contributed by atoms with E-state index < -0.39 is 29.7 Å². The number of likely N-dealkylation sites (tertiary alicyclic amines) is 1. The minimum Gasteiger partial charge on any atom is -0.444 e. The average Bonchev–Trinajstić information content (AvgIpc) is 2.44. The summed E-state index contributed by atoms with van der Waals surface area (Å²) in [6.07, 6.45) is -1.16. The zero-order chi connectivity index (χ0) is 12.5. The summed E-state index contributed by atoms with van der Waals surface area (Å²) in [6, 6.07) is -0.773. The third-order valence-corrected chi connectivity index (χ3v) is 2.24. The van der Waals surface area contributed by atoms with Gasteiger partial charge in [-0.15, -0.1) is 0 Å². The second-order valence-electron chi connectivity index (χ2n) is 4.94. The van der Waals surface area contributed by atoms with Gasteiger partial charge in [-0.1, -0.05) is 0 Å². The molecule has 6 nitrogen and oxygen atoms in total.